The highest BCUT2D eigenvalue weighted by molar-refractivity contribution is 6.26. The molecule has 0 amide bonds. The predicted octanol–water partition coefficient (Wildman–Crippen LogP) is 11.5. The molecular formula is C40H24O. The van der Waals surface area contributed by atoms with E-state index in [1.54, 1.807) is 0 Å². The summed E-state index contributed by atoms with van der Waals surface area (Å²) in [5.41, 5.74) is 6.63. The molecule has 0 aliphatic carbocycles. The molecule has 0 N–H and O–H groups in total. The lowest BCUT2D eigenvalue weighted by molar-refractivity contribution is 0.669. The topological polar surface area (TPSA) is 13.1 Å². The minimum Gasteiger partial charge on any atom is -0.456 e. The molecule has 1 aromatic heterocycles. The van der Waals surface area contributed by atoms with Gasteiger partial charge in [0.2, 0.25) is 0 Å². The molecule has 0 saturated carbocycles. The smallest absolute Gasteiger partial charge is 0.136 e. The van der Waals surface area contributed by atoms with E-state index in [0.717, 1.165) is 32.7 Å². The fraction of sp³-hybridized carbons (Fsp3) is 0. The zero-order chi connectivity index (χ0) is 27.8. The third kappa shape index (κ3) is 3.30. The first-order valence-electron chi connectivity index (χ1n) is 14.5. The van der Waals surface area contributed by atoms with E-state index < -0.39 is 0 Å². The molecule has 0 spiro atoms. The molecule has 0 fully saturated rings. The van der Waals surface area contributed by atoms with Gasteiger partial charge in [0.1, 0.15) is 11.2 Å². The number of furan rings is 1. The van der Waals surface area contributed by atoms with Crippen LogP contribution in [0.2, 0.25) is 0 Å². The van der Waals surface area contributed by atoms with Crippen molar-refractivity contribution in [2.75, 3.05) is 0 Å². The van der Waals surface area contributed by atoms with E-state index in [1.807, 2.05) is 18.2 Å². The Labute approximate surface area is 238 Å². The Balaban J connectivity index is 1.41. The average molecular weight is 522 g/mol. The molecule has 41 heavy (non-hydrogen) atoms. The lowest BCUT2D eigenvalue weighted by Gasteiger charge is -2.18. The maximum Gasteiger partial charge on any atom is 0.136 e. The van der Waals surface area contributed by atoms with Crippen LogP contribution in [0.25, 0.3) is 87.3 Å². The van der Waals surface area contributed by atoms with Gasteiger partial charge in [-0.1, -0.05) is 121 Å². The maximum absolute atomic E-state index is 8.04. The van der Waals surface area contributed by atoms with Gasteiger partial charge in [0.15, 0.2) is 0 Å². The van der Waals surface area contributed by atoms with Gasteiger partial charge >= 0.3 is 0 Å². The van der Waals surface area contributed by atoms with Crippen molar-refractivity contribution in [3.63, 3.8) is 0 Å². The highest BCUT2D eigenvalue weighted by Gasteiger charge is 2.20. The number of fused-ring (bicyclic) bond motifs is 7. The normalized spacial score (nSPS) is 12.2. The molecule has 8 aromatic carbocycles. The zero-order valence-electron chi connectivity index (χ0n) is 23.2. The highest BCUT2D eigenvalue weighted by atomic mass is 16.3. The molecule has 0 unspecified atom stereocenters. The average Bonchev–Trinajstić information content (AvgIpc) is 3.40. The molecule has 0 saturated heterocycles. The van der Waals surface area contributed by atoms with Gasteiger partial charge in [0.25, 0.3) is 0 Å². The first-order valence-corrected chi connectivity index (χ1v) is 14.0. The molecule has 190 valence electrons. The van der Waals surface area contributed by atoms with Crippen LogP contribution in [0.15, 0.2) is 150 Å². The minimum absolute atomic E-state index is 0.532. The summed E-state index contributed by atoms with van der Waals surface area (Å²) in [7, 11) is 0. The summed E-state index contributed by atoms with van der Waals surface area (Å²) in [6.07, 6.45) is 0. The molecule has 1 heteroatoms. The van der Waals surface area contributed by atoms with Crippen LogP contribution in [0.3, 0.4) is 0 Å². The summed E-state index contributed by atoms with van der Waals surface area (Å²) in [6, 6.07) is 49.9. The van der Waals surface area contributed by atoms with Gasteiger partial charge in [0, 0.05) is 10.8 Å². The van der Waals surface area contributed by atoms with Gasteiger partial charge < -0.3 is 4.42 Å². The predicted molar refractivity (Wildman–Crippen MR) is 175 cm³/mol. The first-order chi connectivity index (χ1) is 20.7. The molecule has 1 heterocycles. The lowest BCUT2D eigenvalue weighted by atomic mass is 9.84. The van der Waals surface area contributed by atoms with Crippen molar-refractivity contribution in [2.45, 2.75) is 0 Å². The van der Waals surface area contributed by atoms with E-state index in [9.17, 15) is 0 Å². The molecule has 0 radical (unpaired) electrons. The Kier molecular flexibility index (Phi) is 4.47. The van der Waals surface area contributed by atoms with Crippen molar-refractivity contribution in [1.29, 1.82) is 0 Å². The zero-order valence-corrected chi connectivity index (χ0v) is 22.2. The van der Waals surface area contributed by atoms with Crippen molar-refractivity contribution >= 4 is 65.0 Å². The molecule has 9 aromatic rings. The van der Waals surface area contributed by atoms with Gasteiger partial charge in [-0.25, -0.2) is 0 Å². The van der Waals surface area contributed by atoms with Gasteiger partial charge in [-0.2, -0.15) is 0 Å². The van der Waals surface area contributed by atoms with Crippen LogP contribution in [0.5, 0.6) is 0 Å². The van der Waals surface area contributed by atoms with E-state index in [-0.39, 0.29) is 0 Å². The van der Waals surface area contributed by atoms with Crippen LogP contribution in [0.1, 0.15) is 1.37 Å². The third-order valence-electron chi connectivity index (χ3n) is 8.54. The van der Waals surface area contributed by atoms with Crippen LogP contribution >= 0.6 is 0 Å². The second kappa shape index (κ2) is 8.55. The number of benzene rings is 8. The van der Waals surface area contributed by atoms with E-state index in [2.05, 4.69) is 121 Å². The van der Waals surface area contributed by atoms with E-state index in [0.29, 0.717) is 6.04 Å². The standard InChI is InChI=1S/C40H24O/c1-2-11-26-22-29(21-20-25(26)10-1)38-30-14-5-7-16-32(30)39(33-17-8-6-15-31(33)38)34-18-9-19-36-40(34)35-23-27-12-3-4-13-28(27)24-37(35)41-36/h1-24H/i1D. The summed E-state index contributed by atoms with van der Waals surface area (Å²) in [4.78, 5) is 0. The maximum atomic E-state index is 8.04. The Bertz CT molecular complexity index is 2480. The quantitative estimate of drug-likeness (QED) is 0.206. The van der Waals surface area contributed by atoms with E-state index in [4.69, 9.17) is 5.79 Å². The van der Waals surface area contributed by atoms with Crippen LogP contribution in [0.4, 0.5) is 0 Å². The van der Waals surface area contributed by atoms with Crippen molar-refractivity contribution in [3.8, 4) is 22.3 Å². The summed E-state index contributed by atoms with van der Waals surface area (Å²) < 4.78 is 14.5. The Morgan fingerprint density at radius 2 is 1.05 bits per heavy atom. The summed E-state index contributed by atoms with van der Waals surface area (Å²) in [5, 5.41) is 11.8. The van der Waals surface area contributed by atoms with Gasteiger partial charge in [0.05, 0.1) is 1.37 Å². The van der Waals surface area contributed by atoms with Crippen LogP contribution < -0.4 is 0 Å². The van der Waals surface area contributed by atoms with Crippen molar-refractivity contribution in [3.05, 3.63) is 146 Å². The Hall–Kier alpha value is -5.40. The lowest BCUT2D eigenvalue weighted by Crippen LogP contribution is -1.91. The minimum atomic E-state index is 0.532. The fourth-order valence-corrected chi connectivity index (χ4v) is 6.73. The van der Waals surface area contributed by atoms with Gasteiger partial charge in [-0.3, -0.25) is 0 Å². The Morgan fingerprint density at radius 1 is 0.415 bits per heavy atom. The molecular weight excluding hydrogens is 496 g/mol. The van der Waals surface area contributed by atoms with Crippen molar-refractivity contribution in [2.24, 2.45) is 0 Å². The van der Waals surface area contributed by atoms with Crippen LogP contribution in [-0.2, 0) is 0 Å². The van der Waals surface area contributed by atoms with Gasteiger partial charge in [-0.15, -0.1) is 0 Å². The monoisotopic (exact) mass is 521 g/mol. The molecule has 1 nitrogen and oxygen atoms in total. The third-order valence-corrected chi connectivity index (χ3v) is 8.54. The van der Waals surface area contributed by atoms with E-state index in [1.165, 1.54) is 54.6 Å². The molecule has 0 bridgehead atoms. The second-order valence-electron chi connectivity index (χ2n) is 10.8. The molecule has 0 aliphatic rings. The number of rotatable bonds is 2. The summed E-state index contributed by atoms with van der Waals surface area (Å²) in [6.45, 7) is 0. The van der Waals surface area contributed by atoms with Crippen molar-refractivity contribution < 1.29 is 5.79 Å². The Morgan fingerprint density at radius 3 is 1.80 bits per heavy atom. The fourth-order valence-electron chi connectivity index (χ4n) is 6.73. The van der Waals surface area contributed by atoms with Crippen molar-refractivity contribution in [1.82, 2.24) is 0 Å². The number of hydrogen-bond donors (Lipinski definition) is 0. The largest absolute Gasteiger partial charge is 0.456 e. The number of hydrogen-bond acceptors (Lipinski definition) is 1. The highest BCUT2D eigenvalue weighted by Crippen LogP contribution is 2.47. The second-order valence-corrected chi connectivity index (χ2v) is 10.8. The molecule has 0 aliphatic heterocycles. The molecule has 9 rings (SSSR count). The summed E-state index contributed by atoms with van der Waals surface area (Å²) in [5.74, 6) is 0. The van der Waals surface area contributed by atoms with Crippen LogP contribution in [-0.4, -0.2) is 0 Å². The molecule has 0 atom stereocenters. The van der Waals surface area contributed by atoms with E-state index >= 15 is 0 Å². The first kappa shape index (κ1) is 21.4. The summed E-state index contributed by atoms with van der Waals surface area (Å²) >= 11 is 0. The van der Waals surface area contributed by atoms with Gasteiger partial charge in [-0.05, 0) is 89.6 Å². The van der Waals surface area contributed by atoms with Crippen LogP contribution in [0, 0.1) is 0 Å². The SMILES string of the molecule is [2H]c1ccc2cc(-c3c4ccccc4c(-c4cccc5oc6cc7ccccc7cc6c45)c4ccccc34)ccc2c1.